The van der Waals surface area contributed by atoms with E-state index in [1.165, 1.54) is 44.9 Å². The molecule has 0 bridgehead atoms. The van der Waals surface area contributed by atoms with Gasteiger partial charge in [0.05, 0.1) is 5.53 Å². The van der Waals surface area contributed by atoms with Gasteiger partial charge >= 0.3 is 0 Å². The molecule has 1 aliphatic rings. The fraction of sp³-hybridized carbons (Fsp3) is 1.00. The number of thiol groups is 1. The first-order valence-electron chi connectivity index (χ1n) is 6.06. The van der Waals surface area contributed by atoms with Crippen LogP contribution in [0.25, 0.3) is 0 Å². The molecule has 3 atom stereocenters. The van der Waals surface area contributed by atoms with E-state index in [1.54, 1.807) is 0 Å². The van der Waals surface area contributed by atoms with Gasteiger partial charge in [0, 0.05) is 10.5 Å². The average molecular weight is 282 g/mol. The van der Waals surface area contributed by atoms with Crippen LogP contribution in [0.15, 0.2) is 0 Å². The average Bonchev–Trinajstić information content (AvgIpc) is 2.51. The summed E-state index contributed by atoms with van der Waals surface area (Å²) in [6, 6.07) is 0. The highest BCUT2D eigenvalue weighted by Gasteiger charge is 2.30. The normalized spacial score (nSPS) is 31.0. The quantitative estimate of drug-likeness (QED) is 0.339. The van der Waals surface area contributed by atoms with Crippen LogP contribution in [0.1, 0.15) is 58.8 Å². The first kappa shape index (κ1) is 14.5. The van der Waals surface area contributed by atoms with Crippen LogP contribution in [0.4, 0.5) is 0 Å². The number of hydrogen-bond donors (Lipinski definition) is 1. The summed E-state index contributed by atoms with van der Waals surface area (Å²) >= 11 is 8.82. The van der Waals surface area contributed by atoms with Gasteiger partial charge < -0.3 is 0 Å². The van der Waals surface area contributed by atoms with Gasteiger partial charge in [-0.3, -0.25) is 0 Å². The molecule has 1 fully saturated rings. The lowest BCUT2D eigenvalue weighted by atomic mass is 10.1. The van der Waals surface area contributed by atoms with E-state index in [2.05, 4.69) is 48.9 Å². The minimum absolute atomic E-state index is 0.0461. The molecule has 0 saturated carbocycles. The number of hydrogen-bond acceptors (Lipinski definition) is 3. The highest BCUT2D eigenvalue weighted by molar-refractivity contribution is 9.10. The van der Waals surface area contributed by atoms with Gasteiger partial charge in [0.25, 0.3) is 0 Å². The summed E-state index contributed by atoms with van der Waals surface area (Å²) in [6.45, 7) is 4.65. The van der Waals surface area contributed by atoms with E-state index in [0.717, 1.165) is 10.5 Å². The molecule has 0 amide bonds. The second kappa shape index (κ2) is 8.55. The van der Waals surface area contributed by atoms with Gasteiger partial charge in [0.2, 0.25) is 0 Å². The summed E-state index contributed by atoms with van der Waals surface area (Å²) in [6.07, 6.45) is 9.97. The molecule has 0 spiro atoms. The highest BCUT2D eigenvalue weighted by Crippen LogP contribution is 2.74. The van der Waals surface area contributed by atoms with Gasteiger partial charge in [0.1, 0.15) is 0 Å². The molecular formula is C11H23PS3. The van der Waals surface area contributed by atoms with E-state index in [4.69, 9.17) is 0 Å². The number of rotatable bonds is 7. The lowest BCUT2D eigenvalue weighted by molar-refractivity contribution is 0.581. The topological polar surface area (TPSA) is 0 Å². The Labute approximate surface area is 110 Å². The third-order valence-corrected chi connectivity index (χ3v) is 11.1. The van der Waals surface area contributed by atoms with Crippen LogP contribution in [0, 0.1) is 0 Å². The maximum absolute atomic E-state index is 4.59. The minimum Gasteiger partial charge on any atom is -0.130 e. The zero-order valence-corrected chi connectivity index (χ0v) is 13.2. The molecule has 0 aliphatic carbocycles. The molecule has 0 nitrogen and oxygen atoms in total. The Morgan fingerprint density at radius 3 is 2.33 bits per heavy atom. The van der Waals surface area contributed by atoms with Crippen molar-refractivity contribution in [1.82, 2.24) is 0 Å². The number of unbranched alkanes of at least 4 members (excludes halogenated alkanes) is 5. The zero-order chi connectivity index (χ0) is 11.1. The molecule has 0 aromatic rings. The van der Waals surface area contributed by atoms with E-state index in [1.807, 2.05) is 0 Å². The molecular weight excluding hydrogens is 259 g/mol. The van der Waals surface area contributed by atoms with E-state index < -0.39 is 0 Å². The van der Waals surface area contributed by atoms with Crippen LogP contribution in [0.2, 0.25) is 0 Å². The molecule has 0 radical (unpaired) electrons. The first-order chi connectivity index (χ1) is 7.24. The van der Waals surface area contributed by atoms with Crippen molar-refractivity contribution < 1.29 is 0 Å². The molecule has 90 valence electrons. The van der Waals surface area contributed by atoms with Gasteiger partial charge in [-0.2, -0.15) is 0 Å². The molecule has 3 unspecified atom stereocenters. The maximum Gasteiger partial charge on any atom is 0.0703 e. The second-order valence-electron chi connectivity index (χ2n) is 4.25. The molecule has 15 heavy (non-hydrogen) atoms. The Bertz CT molecular complexity index is 166. The van der Waals surface area contributed by atoms with E-state index >= 15 is 0 Å². The van der Waals surface area contributed by atoms with E-state index in [-0.39, 0.29) is 5.53 Å². The van der Waals surface area contributed by atoms with E-state index in [9.17, 15) is 0 Å². The first-order valence-corrected chi connectivity index (χ1v) is 11.5. The van der Waals surface area contributed by atoms with Crippen LogP contribution in [0.3, 0.4) is 0 Å². The van der Waals surface area contributed by atoms with Crippen LogP contribution < -0.4 is 0 Å². The summed E-state index contributed by atoms with van der Waals surface area (Å²) in [5.41, 5.74) is -0.0461. The van der Waals surface area contributed by atoms with Gasteiger partial charge in [-0.05, 0) is 6.42 Å². The fourth-order valence-electron chi connectivity index (χ4n) is 1.85. The van der Waals surface area contributed by atoms with Crippen LogP contribution >= 0.6 is 40.5 Å². The summed E-state index contributed by atoms with van der Waals surface area (Å²) in [5, 5.41) is 1.74. The Morgan fingerprint density at radius 1 is 1.07 bits per heavy atom. The summed E-state index contributed by atoms with van der Waals surface area (Å²) in [4.78, 5) is 0. The van der Waals surface area contributed by atoms with Crippen molar-refractivity contribution in [3.05, 3.63) is 0 Å². The minimum atomic E-state index is -0.0461. The van der Waals surface area contributed by atoms with Gasteiger partial charge in [-0.15, -0.1) is 35.0 Å². The van der Waals surface area contributed by atoms with Crippen molar-refractivity contribution in [2.24, 2.45) is 0 Å². The predicted molar refractivity (Wildman–Crippen MR) is 82.3 cm³/mol. The summed E-state index contributed by atoms with van der Waals surface area (Å²) in [7, 11) is 0. The molecule has 0 aromatic carbocycles. The molecule has 1 rings (SSSR count). The molecule has 1 aliphatic heterocycles. The Hall–Kier alpha value is 1.48. The van der Waals surface area contributed by atoms with Gasteiger partial charge in [-0.25, -0.2) is 0 Å². The van der Waals surface area contributed by atoms with Gasteiger partial charge in [-0.1, -0.05) is 52.4 Å². The lowest BCUT2D eigenvalue weighted by Gasteiger charge is -2.12. The molecule has 1 saturated heterocycles. The molecule has 0 aromatic heterocycles. The molecule has 0 N–H and O–H groups in total. The Kier molecular flexibility index (Phi) is 8.29. The standard InChI is InChI=1S/C11H23PS3/c1-3-4-5-6-7-8-9-11-10(2)14-12(13)15-11/h10-11,13H,3-9H2,1-2H3. The zero-order valence-electron chi connectivity index (χ0n) is 9.82. The van der Waals surface area contributed by atoms with Crippen molar-refractivity contribution in [2.45, 2.75) is 69.3 Å². The largest absolute Gasteiger partial charge is 0.130 e. The summed E-state index contributed by atoms with van der Waals surface area (Å²) in [5.74, 6) is 0. The summed E-state index contributed by atoms with van der Waals surface area (Å²) < 4.78 is 0. The monoisotopic (exact) mass is 282 g/mol. The second-order valence-corrected chi connectivity index (χ2v) is 13.5. The Morgan fingerprint density at radius 2 is 1.73 bits per heavy atom. The van der Waals surface area contributed by atoms with Crippen molar-refractivity contribution in [1.29, 1.82) is 0 Å². The van der Waals surface area contributed by atoms with Crippen LogP contribution in [-0.4, -0.2) is 10.5 Å². The van der Waals surface area contributed by atoms with E-state index in [0.29, 0.717) is 0 Å². The predicted octanol–water partition coefficient (Wildman–Crippen LogP) is 6.13. The van der Waals surface area contributed by atoms with Crippen LogP contribution in [-0.2, 0) is 0 Å². The lowest BCUT2D eigenvalue weighted by Crippen LogP contribution is -2.10. The van der Waals surface area contributed by atoms with Crippen molar-refractivity contribution >= 4 is 40.5 Å². The maximum atomic E-state index is 4.59. The van der Waals surface area contributed by atoms with Crippen molar-refractivity contribution in [3.8, 4) is 0 Å². The third kappa shape index (κ3) is 6.10. The smallest absolute Gasteiger partial charge is 0.0703 e. The van der Waals surface area contributed by atoms with Gasteiger partial charge in [0.15, 0.2) is 0 Å². The van der Waals surface area contributed by atoms with Crippen molar-refractivity contribution in [3.63, 3.8) is 0 Å². The Balaban J connectivity index is 1.96. The SMILES string of the molecule is CCCCCCCCC1SP(S)SC1C. The molecule has 4 heteroatoms. The van der Waals surface area contributed by atoms with Crippen molar-refractivity contribution in [2.75, 3.05) is 0 Å². The molecule has 1 heterocycles. The highest BCUT2D eigenvalue weighted by atomic mass is 33.4. The fourth-order valence-corrected chi connectivity index (χ4v) is 12.1. The third-order valence-electron chi connectivity index (χ3n) is 2.85. The van der Waals surface area contributed by atoms with Crippen LogP contribution in [0.5, 0.6) is 0 Å².